The Balaban J connectivity index is 2.07. The second-order valence-electron chi connectivity index (χ2n) is 4.45. The van der Waals surface area contributed by atoms with Crippen molar-refractivity contribution in [1.82, 2.24) is 0 Å². The van der Waals surface area contributed by atoms with Crippen molar-refractivity contribution in [3.8, 4) is 17.2 Å². The Labute approximate surface area is 117 Å². The molecule has 0 aliphatic rings. The van der Waals surface area contributed by atoms with Gasteiger partial charge >= 0.3 is 5.97 Å². The number of carboxylic acids is 1. The summed E-state index contributed by atoms with van der Waals surface area (Å²) in [5.74, 6) is 0.742. The SMILES string of the molecule is O=C(O)CCCc1ccccc1Oc1ccc(O)cc1. The summed E-state index contributed by atoms with van der Waals surface area (Å²) >= 11 is 0. The highest BCUT2D eigenvalue weighted by atomic mass is 16.5. The van der Waals surface area contributed by atoms with Crippen LogP contribution >= 0.6 is 0 Å². The number of hydrogen-bond acceptors (Lipinski definition) is 3. The molecule has 0 unspecified atom stereocenters. The van der Waals surface area contributed by atoms with Crippen LogP contribution in [0.15, 0.2) is 48.5 Å². The molecule has 0 saturated carbocycles. The second kappa shape index (κ2) is 6.61. The van der Waals surface area contributed by atoms with Gasteiger partial charge in [-0.15, -0.1) is 0 Å². The predicted octanol–water partition coefficient (Wildman–Crippen LogP) is 3.59. The van der Waals surface area contributed by atoms with E-state index in [-0.39, 0.29) is 12.2 Å². The molecule has 0 fully saturated rings. The number of para-hydroxylation sites is 1. The van der Waals surface area contributed by atoms with E-state index in [0.29, 0.717) is 24.3 Å². The molecule has 4 nitrogen and oxygen atoms in total. The van der Waals surface area contributed by atoms with E-state index in [2.05, 4.69) is 0 Å². The molecule has 2 aromatic carbocycles. The van der Waals surface area contributed by atoms with Crippen LogP contribution in [-0.4, -0.2) is 16.2 Å². The van der Waals surface area contributed by atoms with Gasteiger partial charge in [0.2, 0.25) is 0 Å². The zero-order valence-corrected chi connectivity index (χ0v) is 11.0. The maximum atomic E-state index is 10.5. The maximum Gasteiger partial charge on any atom is 0.303 e. The molecule has 2 aromatic rings. The number of carboxylic acid groups (broad SMARTS) is 1. The first kappa shape index (κ1) is 13.9. The fourth-order valence-electron chi connectivity index (χ4n) is 1.88. The lowest BCUT2D eigenvalue weighted by molar-refractivity contribution is -0.137. The highest BCUT2D eigenvalue weighted by Gasteiger charge is 2.06. The minimum absolute atomic E-state index is 0.146. The summed E-state index contributed by atoms with van der Waals surface area (Å²) in [4.78, 5) is 10.5. The molecule has 0 atom stereocenters. The Kier molecular flexibility index (Phi) is 4.60. The number of benzene rings is 2. The predicted molar refractivity (Wildman–Crippen MR) is 75.2 cm³/mol. The minimum Gasteiger partial charge on any atom is -0.508 e. The number of aryl methyl sites for hydroxylation is 1. The zero-order chi connectivity index (χ0) is 14.4. The number of rotatable bonds is 6. The number of aromatic hydroxyl groups is 1. The maximum absolute atomic E-state index is 10.5. The summed E-state index contributed by atoms with van der Waals surface area (Å²) in [6.45, 7) is 0. The Morgan fingerprint density at radius 3 is 2.45 bits per heavy atom. The van der Waals surface area contributed by atoms with E-state index in [4.69, 9.17) is 9.84 Å². The Morgan fingerprint density at radius 1 is 1.05 bits per heavy atom. The molecule has 4 heteroatoms. The van der Waals surface area contributed by atoms with Crippen LogP contribution in [0.1, 0.15) is 18.4 Å². The van der Waals surface area contributed by atoms with Gasteiger partial charge in [0.05, 0.1) is 0 Å². The van der Waals surface area contributed by atoms with Crippen molar-refractivity contribution in [1.29, 1.82) is 0 Å². The largest absolute Gasteiger partial charge is 0.508 e. The first-order valence-corrected chi connectivity index (χ1v) is 6.42. The lowest BCUT2D eigenvalue weighted by atomic mass is 10.1. The lowest BCUT2D eigenvalue weighted by Gasteiger charge is -2.10. The summed E-state index contributed by atoms with van der Waals surface area (Å²) in [5.41, 5.74) is 0.974. The summed E-state index contributed by atoms with van der Waals surface area (Å²) in [6, 6.07) is 14.0. The average molecular weight is 272 g/mol. The van der Waals surface area contributed by atoms with E-state index in [0.717, 1.165) is 5.56 Å². The summed E-state index contributed by atoms with van der Waals surface area (Å²) in [5, 5.41) is 17.9. The van der Waals surface area contributed by atoms with Gasteiger partial charge in [-0.25, -0.2) is 0 Å². The highest BCUT2D eigenvalue weighted by Crippen LogP contribution is 2.27. The van der Waals surface area contributed by atoms with E-state index in [9.17, 15) is 9.90 Å². The number of carbonyl (C=O) groups is 1. The van der Waals surface area contributed by atoms with Crippen LogP contribution in [0.4, 0.5) is 0 Å². The van der Waals surface area contributed by atoms with Gasteiger partial charge in [0.15, 0.2) is 0 Å². The molecule has 20 heavy (non-hydrogen) atoms. The number of hydrogen-bond donors (Lipinski definition) is 2. The van der Waals surface area contributed by atoms with Crippen LogP contribution < -0.4 is 4.74 Å². The second-order valence-corrected chi connectivity index (χ2v) is 4.45. The first-order chi connectivity index (χ1) is 9.65. The minimum atomic E-state index is -0.790. The van der Waals surface area contributed by atoms with Crippen LogP contribution in [0.25, 0.3) is 0 Å². The van der Waals surface area contributed by atoms with Gasteiger partial charge in [-0.3, -0.25) is 4.79 Å². The van der Waals surface area contributed by atoms with Crippen LogP contribution in [0, 0.1) is 0 Å². The van der Waals surface area contributed by atoms with Gasteiger partial charge in [0, 0.05) is 6.42 Å². The van der Waals surface area contributed by atoms with Crippen LogP contribution in [0.3, 0.4) is 0 Å². The molecule has 2 N–H and O–H groups in total. The Morgan fingerprint density at radius 2 is 1.75 bits per heavy atom. The quantitative estimate of drug-likeness (QED) is 0.843. The Bertz CT molecular complexity index is 575. The van der Waals surface area contributed by atoms with Crippen molar-refractivity contribution in [2.45, 2.75) is 19.3 Å². The van der Waals surface area contributed by atoms with E-state index in [1.165, 1.54) is 0 Å². The smallest absolute Gasteiger partial charge is 0.303 e. The molecular weight excluding hydrogens is 256 g/mol. The number of phenolic OH excluding ortho intramolecular Hbond substituents is 1. The number of aliphatic carboxylic acids is 1. The van der Waals surface area contributed by atoms with Crippen molar-refractivity contribution >= 4 is 5.97 Å². The summed E-state index contributed by atoms with van der Waals surface area (Å²) in [6.07, 6.45) is 1.37. The molecule has 0 heterocycles. The molecule has 0 aromatic heterocycles. The highest BCUT2D eigenvalue weighted by molar-refractivity contribution is 5.66. The fourth-order valence-corrected chi connectivity index (χ4v) is 1.88. The molecule has 0 saturated heterocycles. The molecule has 0 aliphatic heterocycles. The molecule has 0 bridgehead atoms. The van der Waals surface area contributed by atoms with E-state index in [1.807, 2.05) is 24.3 Å². The van der Waals surface area contributed by atoms with Gasteiger partial charge in [-0.05, 0) is 48.7 Å². The Hall–Kier alpha value is -2.49. The normalized spacial score (nSPS) is 10.2. The van der Waals surface area contributed by atoms with Crippen LogP contribution in [0.2, 0.25) is 0 Å². The van der Waals surface area contributed by atoms with Gasteiger partial charge in [0.1, 0.15) is 17.2 Å². The van der Waals surface area contributed by atoms with Crippen LogP contribution in [0.5, 0.6) is 17.2 Å². The molecule has 104 valence electrons. The van der Waals surface area contributed by atoms with Crippen molar-refractivity contribution in [2.24, 2.45) is 0 Å². The van der Waals surface area contributed by atoms with Gasteiger partial charge in [0.25, 0.3) is 0 Å². The molecule has 0 amide bonds. The van der Waals surface area contributed by atoms with Crippen molar-refractivity contribution in [3.63, 3.8) is 0 Å². The summed E-state index contributed by atoms with van der Waals surface area (Å²) in [7, 11) is 0. The molecular formula is C16H16O4. The van der Waals surface area contributed by atoms with Gasteiger partial charge < -0.3 is 14.9 Å². The number of ether oxygens (including phenoxy) is 1. The van der Waals surface area contributed by atoms with Crippen molar-refractivity contribution < 1.29 is 19.7 Å². The van der Waals surface area contributed by atoms with Crippen molar-refractivity contribution in [2.75, 3.05) is 0 Å². The zero-order valence-electron chi connectivity index (χ0n) is 11.0. The average Bonchev–Trinajstić information content (AvgIpc) is 2.43. The third-order valence-electron chi connectivity index (χ3n) is 2.87. The lowest BCUT2D eigenvalue weighted by Crippen LogP contribution is -1.97. The fraction of sp³-hybridized carbons (Fsp3) is 0.188. The molecule has 0 aliphatic carbocycles. The number of phenols is 1. The third-order valence-corrected chi connectivity index (χ3v) is 2.87. The van der Waals surface area contributed by atoms with Crippen molar-refractivity contribution in [3.05, 3.63) is 54.1 Å². The molecule has 2 rings (SSSR count). The molecule has 0 spiro atoms. The molecule has 0 radical (unpaired) electrons. The van der Waals surface area contributed by atoms with Gasteiger partial charge in [-0.2, -0.15) is 0 Å². The monoisotopic (exact) mass is 272 g/mol. The van der Waals surface area contributed by atoms with Gasteiger partial charge in [-0.1, -0.05) is 18.2 Å². The first-order valence-electron chi connectivity index (χ1n) is 6.42. The van der Waals surface area contributed by atoms with E-state index < -0.39 is 5.97 Å². The van der Waals surface area contributed by atoms with Crippen LogP contribution in [-0.2, 0) is 11.2 Å². The van der Waals surface area contributed by atoms with E-state index >= 15 is 0 Å². The van der Waals surface area contributed by atoms with E-state index in [1.54, 1.807) is 24.3 Å². The third kappa shape index (κ3) is 4.02. The standard InChI is InChI=1S/C16H16O4/c17-13-8-10-14(11-9-13)20-15-6-2-1-4-12(15)5-3-7-16(18)19/h1-2,4,6,8-11,17H,3,5,7H2,(H,18,19). The summed E-state index contributed by atoms with van der Waals surface area (Å²) < 4.78 is 5.76. The topological polar surface area (TPSA) is 66.8 Å².